The zero-order valence-electron chi connectivity index (χ0n) is 19.9. The van der Waals surface area contributed by atoms with Crippen LogP contribution in [0.3, 0.4) is 0 Å². The Morgan fingerprint density at radius 2 is 1.76 bits per heavy atom. The molecule has 33 heavy (non-hydrogen) atoms. The molecule has 0 saturated carbocycles. The van der Waals surface area contributed by atoms with Gasteiger partial charge in [0, 0.05) is 18.5 Å². The van der Waals surface area contributed by atoms with Gasteiger partial charge in [0.2, 0.25) is 11.1 Å². The Labute approximate surface area is 199 Å². The fourth-order valence-corrected chi connectivity index (χ4v) is 4.51. The fourth-order valence-electron chi connectivity index (χ4n) is 3.78. The number of carbonyl (C=O) groups is 1. The summed E-state index contributed by atoms with van der Waals surface area (Å²) in [4.78, 5) is 17.4. The SMILES string of the molecule is Cc1ccc(Cn2c3ccc(C)cc3c3nnc(SC(C)C(=O)NCCC(C)C)nc32)cc1. The van der Waals surface area contributed by atoms with E-state index in [4.69, 9.17) is 4.98 Å². The molecule has 1 unspecified atom stereocenters. The Balaban J connectivity index is 1.66. The number of nitrogens with zero attached hydrogens (tertiary/aromatic N) is 4. The molecular formula is C26H31N5OS. The molecule has 2 aromatic heterocycles. The summed E-state index contributed by atoms with van der Waals surface area (Å²) >= 11 is 1.35. The first kappa shape index (κ1) is 23.2. The molecule has 0 spiro atoms. The molecule has 1 amide bonds. The summed E-state index contributed by atoms with van der Waals surface area (Å²) < 4.78 is 2.20. The van der Waals surface area contributed by atoms with E-state index in [2.05, 4.69) is 90.2 Å². The Morgan fingerprint density at radius 1 is 1.03 bits per heavy atom. The van der Waals surface area contributed by atoms with Gasteiger partial charge in [-0.2, -0.15) is 0 Å². The monoisotopic (exact) mass is 461 g/mol. The predicted octanol–water partition coefficient (Wildman–Crippen LogP) is 5.29. The molecule has 2 heterocycles. The number of aromatic nitrogens is 4. The van der Waals surface area contributed by atoms with Crippen LogP contribution in [0.15, 0.2) is 47.6 Å². The summed E-state index contributed by atoms with van der Waals surface area (Å²) in [5.74, 6) is 0.558. The van der Waals surface area contributed by atoms with Crippen molar-refractivity contribution in [3.05, 3.63) is 59.2 Å². The number of fused-ring (bicyclic) bond motifs is 3. The summed E-state index contributed by atoms with van der Waals surface area (Å²) in [6.45, 7) is 11.7. The van der Waals surface area contributed by atoms with E-state index in [0.29, 0.717) is 24.2 Å². The van der Waals surface area contributed by atoms with Crippen molar-refractivity contribution in [2.24, 2.45) is 5.92 Å². The highest BCUT2D eigenvalue weighted by Gasteiger charge is 2.19. The maximum atomic E-state index is 12.5. The van der Waals surface area contributed by atoms with Crippen LogP contribution in [0, 0.1) is 19.8 Å². The van der Waals surface area contributed by atoms with E-state index < -0.39 is 0 Å². The van der Waals surface area contributed by atoms with E-state index in [-0.39, 0.29) is 11.2 Å². The van der Waals surface area contributed by atoms with Gasteiger partial charge in [-0.25, -0.2) is 4.98 Å². The largest absolute Gasteiger partial charge is 0.355 e. The van der Waals surface area contributed by atoms with Gasteiger partial charge in [-0.15, -0.1) is 10.2 Å². The number of thioether (sulfide) groups is 1. The first-order valence-electron chi connectivity index (χ1n) is 11.4. The number of carbonyl (C=O) groups excluding carboxylic acids is 1. The first-order chi connectivity index (χ1) is 15.8. The third-order valence-electron chi connectivity index (χ3n) is 5.74. The molecule has 1 N–H and O–H groups in total. The van der Waals surface area contributed by atoms with Crippen molar-refractivity contribution in [3.63, 3.8) is 0 Å². The summed E-state index contributed by atoms with van der Waals surface area (Å²) in [7, 11) is 0. The number of aryl methyl sites for hydroxylation is 2. The molecule has 0 saturated heterocycles. The molecule has 0 aliphatic heterocycles. The number of benzene rings is 2. The van der Waals surface area contributed by atoms with Gasteiger partial charge in [-0.05, 0) is 50.8 Å². The lowest BCUT2D eigenvalue weighted by Gasteiger charge is -2.12. The van der Waals surface area contributed by atoms with Crippen LogP contribution in [0.25, 0.3) is 22.1 Å². The second-order valence-electron chi connectivity index (χ2n) is 9.09. The summed E-state index contributed by atoms with van der Waals surface area (Å²) in [6, 6.07) is 14.9. The highest BCUT2D eigenvalue weighted by Crippen LogP contribution is 2.30. The number of nitrogens with one attached hydrogen (secondary N) is 1. The lowest BCUT2D eigenvalue weighted by atomic mass is 10.1. The summed E-state index contributed by atoms with van der Waals surface area (Å²) in [6.07, 6.45) is 0.964. The van der Waals surface area contributed by atoms with Crippen LogP contribution in [0.2, 0.25) is 0 Å². The molecule has 4 aromatic rings. The zero-order chi connectivity index (χ0) is 23.5. The van der Waals surface area contributed by atoms with Crippen molar-refractivity contribution in [3.8, 4) is 0 Å². The second-order valence-corrected chi connectivity index (χ2v) is 10.4. The van der Waals surface area contributed by atoms with Crippen LogP contribution in [0.1, 0.15) is 43.9 Å². The molecule has 1 atom stereocenters. The molecule has 4 rings (SSSR count). The molecule has 0 fully saturated rings. The predicted molar refractivity (Wildman–Crippen MR) is 136 cm³/mol. The van der Waals surface area contributed by atoms with E-state index in [0.717, 1.165) is 28.5 Å². The van der Waals surface area contributed by atoms with Crippen LogP contribution in [0.4, 0.5) is 0 Å². The number of amides is 1. The van der Waals surface area contributed by atoms with Gasteiger partial charge in [0.1, 0.15) is 5.52 Å². The maximum absolute atomic E-state index is 12.5. The third kappa shape index (κ3) is 5.36. The molecular weight excluding hydrogens is 430 g/mol. The number of hydrogen-bond donors (Lipinski definition) is 1. The molecule has 0 aliphatic carbocycles. The number of hydrogen-bond acceptors (Lipinski definition) is 5. The summed E-state index contributed by atoms with van der Waals surface area (Å²) in [5, 5.41) is 13.2. The Kier molecular flexibility index (Phi) is 6.98. The van der Waals surface area contributed by atoms with Crippen molar-refractivity contribution in [2.75, 3.05) is 6.54 Å². The highest BCUT2D eigenvalue weighted by molar-refractivity contribution is 8.00. The minimum absolute atomic E-state index is 0.000158. The van der Waals surface area contributed by atoms with Gasteiger partial charge in [0.25, 0.3) is 0 Å². The normalized spacial score (nSPS) is 12.5. The van der Waals surface area contributed by atoms with Gasteiger partial charge < -0.3 is 9.88 Å². The van der Waals surface area contributed by atoms with Gasteiger partial charge in [-0.1, -0.05) is 67.1 Å². The van der Waals surface area contributed by atoms with Crippen molar-refractivity contribution in [1.82, 2.24) is 25.1 Å². The van der Waals surface area contributed by atoms with Crippen LogP contribution in [0.5, 0.6) is 0 Å². The van der Waals surface area contributed by atoms with Gasteiger partial charge in [0.05, 0.1) is 10.8 Å². The molecule has 2 aromatic carbocycles. The fraction of sp³-hybridized carbons (Fsp3) is 0.385. The Morgan fingerprint density at radius 3 is 2.48 bits per heavy atom. The van der Waals surface area contributed by atoms with Crippen molar-refractivity contribution < 1.29 is 4.79 Å². The maximum Gasteiger partial charge on any atom is 0.233 e. The standard InChI is InChI=1S/C26H31N5OS/c1-16(2)12-13-27-25(32)19(5)33-26-28-24-23(29-30-26)21-14-18(4)8-11-22(21)31(24)15-20-9-6-17(3)7-10-20/h6-11,14,16,19H,12-13,15H2,1-5H3,(H,27,32). The number of rotatable bonds is 8. The van der Waals surface area contributed by atoms with Crippen molar-refractivity contribution >= 4 is 39.7 Å². The van der Waals surface area contributed by atoms with Crippen LogP contribution in [-0.4, -0.2) is 37.5 Å². The quantitative estimate of drug-likeness (QED) is 0.361. The minimum atomic E-state index is -0.298. The average molecular weight is 462 g/mol. The lowest BCUT2D eigenvalue weighted by molar-refractivity contribution is -0.120. The minimum Gasteiger partial charge on any atom is -0.355 e. The Hall–Kier alpha value is -2.93. The van der Waals surface area contributed by atoms with Crippen molar-refractivity contribution in [2.45, 2.75) is 58.0 Å². The molecule has 172 valence electrons. The van der Waals surface area contributed by atoms with Crippen LogP contribution < -0.4 is 5.32 Å². The second kappa shape index (κ2) is 9.91. The topological polar surface area (TPSA) is 72.7 Å². The molecule has 0 aliphatic rings. The lowest BCUT2D eigenvalue weighted by Crippen LogP contribution is -2.32. The van der Waals surface area contributed by atoms with E-state index >= 15 is 0 Å². The average Bonchev–Trinajstić information content (AvgIpc) is 3.07. The van der Waals surface area contributed by atoms with Crippen molar-refractivity contribution in [1.29, 1.82) is 0 Å². The first-order valence-corrected chi connectivity index (χ1v) is 12.3. The van der Waals surface area contributed by atoms with Gasteiger partial charge in [-0.3, -0.25) is 4.79 Å². The Bertz CT molecular complexity index is 1280. The van der Waals surface area contributed by atoms with E-state index in [1.807, 2.05) is 6.92 Å². The van der Waals surface area contributed by atoms with Crippen LogP contribution >= 0.6 is 11.8 Å². The molecule has 7 heteroatoms. The summed E-state index contributed by atoms with van der Waals surface area (Å²) in [5.41, 5.74) is 6.27. The van der Waals surface area contributed by atoms with E-state index in [1.165, 1.54) is 28.5 Å². The molecule has 0 bridgehead atoms. The third-order valence-corrected chi connectivity index (χ3v) is 6.69. The highest BCUT2D eigenvalue weighted by atomic mass is 32.2. The van der Waals surface area contributed by atoms with Gasteiger partial charge in [0.15, 0.2) is 5.65 Å². The van der Waals surface area contributed by atoms with Crippen LogP contribution in [-0.2, 0) is 11.3 Å². The molecule has 6 nitrogen and oxygen atoms in total. The smallest absolute Gasteiger partial charge is 0.233 e. The molecule has 0 radical (unpaired) electrons. The van der Waals surface area contributed by atoms with E-state index in [1.54, 1.807) is 0 Å². The zero-order valence-corrected chi connectivity index (χ0v) is 20.7. The van der Waals surface area contributed by atoms with E-state index in [9.17, 15) is 4.79 Å². The van der Waals surface area contributed by atoms with Gasteiger partial charge >= 0.3 is 0 Å².